The van der Waals surface area contributed by atoms with E-state index < -0.39 is 17.9 Å². The molecule has 21 heavy (non-hydrogen) atoms. The molecular formula is C13H10Cl2N2O4. The molecule has 0 bridgehead atoms. The van der Waals surface area contributed by atoms with Crippen LogP contribution in [0.15, 0.2) is 28.9 Å². The Balaban J connectivity index is 2.19. The van der Waals surface area contributed by atoms with E-state index in [0.29, 0.717) is 15.6 Å². The summed E-state index contributed by atoms with van der Waals surface area (Å²) in [5, 5.41) is 11.7. The number of halogens is 2. The van der Waals surface area contributed by atoms with Crippen molar-refractivity contribution in [3.05, 3.63) is 40.2 Å². The minimum atomic E-state index is -1.14. The normalized spacial score (nSPS) is 12.0. The number of rotatable bonds is 4. The molecule has 1 aromatic carbocycles. The molecule has 110 valence electrons. The molecule has 1 aromatic heterocycles. The molecule has 8 heteroatoms. The van der Waals surface area contributed by atoms with Gasteiger partial charge in [0.15, 0.2) is 5.69 Å². The van der Waals surface area contributed by atoms with E-state index in [2.05, 4.69) is 10.3 Å². The lowest BCUT2D eigenvalue weighted by molar-refractivity contribution is -0.138. The van der Waals surface area contributed by atoms with Crippen LogP contribution in [0.5, 0.6) is 0 Å². The zero-order valence-electron chi connectivity index (χ0n) is 10.8. The van der Waals surface area contributed by atoms with Crippen molar-refractivity contribution in [2.24, 2.45) is 0 Å². The van der Waals surface area contributed by atoms with Gasteiger partial charge in [-0.25, -0.2) is 4.98 Å². The van der Waals surface area contributed by atoms with E-state index in [4.69, 9.17) is 32.7 Å². The summed E-state index contributed by atoms with van der Waals surface area (Å²) in [4.78, 5) is 26.4. The van der Waals surface area contributed by atoms with E-state index in [1.807, 2.05) is 0 Å². The van der Waals surface area contributed by atoms with Crippen LogP contribution in [0, 0.1) is 0 Å². The Morgan fingerprint density at radius 1 is 1.33 bits per heavy atom. The van der Waals surface area contributed by atoms with Crippen LogP contribution in [0.1, 0.15) is 17.4 Å². The van der Waals surface area contributed by atoms with Crippen LogP contribution in [0.25, 0.3) is 11.5 Å². The maximum Gasteiger partial charge on any atom is 0.325 e. The fourth-order valence-electron chi connectivity index (χ4n) is 1.47. The Hall–Kier alpha value is -2.05. The molecule has 1 atom stereocenters. The fourth-order valence-corrected chi connectivity index (χ4v) is 1.77. The number of hydrogen-bond acceptors (Lipinski definition) is 4. The van der Waals surface area contributed by atoms with Crippen LogP contribution in [0.3, 0.4) is 0 Å². The molecule has 1 unspecified atom stereocenters. The Labute approximate surface area is 129 Å². The first-order valence-electron chi connectivity index (χ1n) is 5.83. The standard InChI is InChI=1S/C13H10Cl2N2O4/c1-6(13(19)20)16-11(18)10-5-21-12(17-10)7-2-3-8(14)9(15)4-7/h2-6H,1H3,(H,16,18)(H,19,20). The fraction of sp³-hybridized carbons (Fsp3) is 0.154. The van der Waals surface area contributed by atoms with Crippen molar-refractivity contribution < 1.29 is 19.1 Å². The van der Waals surface area contributed by atoms with Crippen LogP contribution in [0.4, 0.5) is 0 Å². The lowest BCUT2D eigenvalue weighted by atomic mass is 10.2. The molecule has 2 rings (SSSR count). The number of oxazole rings is 1. The Kier molecular flexibility index (Phi) is 4.50. The predicted octanol–water partition coefficient (Wildman–Crippen LogP) is 2.85. The van der Waals surface area contributed by atoms with Gasteiger partial charge in [0, 0.05) is 5.56 Å². The van der Waals surface area contributed by atoms with Crippen LogP contribution < -0.4 is 5.32 Å². The summed E-state index contributed by atoms with van der Waals surface area (Å²) in [7, 11) is 0. The van der Waals surface area contributed by atoms with Crippen molar-refractivity contribution in [2.75, 3.05) is 0 Å². The predicted molar refractivity (Wildman–Crippen MR) is 76.5 cm³/mol. The summed E-state index contributed by atoms with van der Waals surface area (Å²) in [6.45, 7) is 1.35. The molecule has 2 N–H and O–H groups in total. The Bertz CT molecular complexity index is 699. The maximum absolute atomic E-state index is 11.8. The molecule has 0 saturated carbocycles. The molecule has 0 spiro atoms. The number of carbonyl (C=O) groups is 2. The largest absolute Gasteiger partial charge is 0.480 e. The highest BCUT2D eigenvalue weighted by molar-refractivity contribution is 6.42. The second-order valence-electron chi connectivity index (χ2n) is 4.20. The SMILES string of the molecule is CC(NC(=O)c1coc(-c2ccc(Cl)c(Cl)c2)n1)C(=O)O. The monoisotopic (exact) mass is 328 g/mol. The number of carboxylic acids is 1. The summed E-state index contributed by atoms with van der Waals surface area (Å²) < 4.78 is 5.19. The number of hydrogen-bond donors (Lipinski definition) is 2. The molecule has 1 heterocycles. The molecule has 6 nitrogen and oxygen atoms in total. The third-order valence-electron chi connectivity index (χ3n) is 2.62. The van der Waals surface area contributed by atoms with E-state index >= 15 is 0 Å². The van der Waals surface area contributed by atoms with Gasteiger partial charge in [-0.05, 0) is 25.1 Å². The van der Waals surface area contributed by atoms with Crippen LogP contribution in [0.2, 0.25) is 10.0 Å². The van der Waals surface area contributed by atoms with Crippen LogP contribution in [-0.2, 0) is 4.79 Å². The Morgan fingerprint density at radius 3 is 2.67 bits per heavy atom. The van der Waals surface area contributed by atoms with E-state index in [0.717, 1.165) is 6.26 Å². The highest BCUT2D eigenvalue weighted by atomic mass is 35.5. The van der Waals surface area contributed by atoms with Gasteiger partial charge in [0.1, 0.15) is 12.3 Å². The second-order valence-corrected chi connectivity index (χ2v) is 5.01. The Morgan fingerprint density at radius 2 is 2.05 bits per heavy atom. The third kappa shape index (κ3) is 3.53. The average Bonchev–Trinajstić information content (AvgIpc) is 2.91. The lowest BCUT2D eigenvalue weighted by Crippen LogP contribution is -2.38. The van der Waals surface area contributed by atoms with Crippen LogP contribution in [-0.4, -0.2) is 28.0 Å². The summed E-state index contributed by atoms with van der Waals surface area (Å²) in [6, 6.07) is 3.75. The lowest BCUT2D eigenvalue weighted by Gasteiger charge is -2.06. The van der Waals surface area contributed by atoms with E-state index in [-0.39, 0.29) is 11.6 Å². The number of aromatic nitrogens is 1. The number of aliphatic carboxylic acids is 1. The van der Waals surface area contributed by atoms with Gasteiger partial charge in [0.05, 0.1) is 10.0 Å². The molecule has 0 aliphatic heterocycles. The van der Waals surface area contributed by atoms with Gasteiger partial charge in [-0.2, -0.15) is 0 Å². The van der Waals surface area contributed by atoms with Crippen molar-refractivity contribution >= 4 is 35.1 Å². The van der Waals surface area contributed by atoms with Crippen LogP contribution >= 0.6 is 23.2 Å². The first kappa shape index (κ1) is 15.3. The van der Waals surface area contributed by atoms with Gasteiger partial charge in [-0.15, -0.1) is 0 Å². The molecule has 0 aliphatic rings. The molecule has 0 saturated heterocycles. The van der Waals surface area contributed by atoms with Crippen molar-refractivity contribution in [2.45, 2.75) is 13.0 Å². The van der Waals surface area contributed by atoms with E-state index in [9.17, 15) is 9.59 Å². The summed E-state index contributed by atoms with van der Waals surface area (Å²) in [6.07, 6.45) is 1.14. The molecule has 0 aliphatic carbocycles. The number of carbonyl (C=O) groups excluding carboxylic acids is 1. The van der Waals surface area contributed by atoms with Gasteiger partial charge in [-0.1, -0.05) is 23.2 Å². The highest BCUT2D eigenvalue weighted by Gasteiger charge is 2.19. The first-order chi connectivity index (χ1) is 9.88. The number of nitrogens with zero attached hydrogens (tertiary/aromatic N) is 1. The number of amides is 1. The minimum absolute atomic E-state index is 0.0239. The quantitative estimate of drug-likeness (QED) is 0.900. The number of carboxylic acid groups (broad SMARTS) is 1. The van der Waals surface area contributed by atoms with Gasteiger partial charge >= 0.3 is 5.97 Å². The van der Waals surface area contributed by atoms with E-state index in [1.165, 1.54) is 6.92 Å². The zero-order valence-corrected chi connectivity index (χ0v) is 12.3. The highest BCUT2D eigenvalue weighted by Crippen LogP contribution is 2.28. The second kappa shape index (κ2) is 6.15. The molecule has 2 aromatic rings. The first-order valence-corrected chi connectivity index (χ1v) is 6.58. The smallest absolute Gasteiger partial charge is 0.325 e. The molecule has 0 fully saturated rings. The summed E-state index contributed by atoms with van der Waals surface area (Å²) in [5.74, 6) is -1.60. The average molecular weight is 329 g/mol. The zero-order chi connectivity index (χ0) is 15.6. The minimum Gasteiger partial charge on any atom is -0.480 e. The summed E-state index contributed by atoms with van der Waals surface area (Å²) in [5.41, 5.74) is 0.527. The van der Waals surface area contributed by atoms with Gasteiger partial charge < -0.3 is 14.8 Å². The maximum atomic E-state index is 11.8. The van der Waals surface area contributed by atoms with E-state index in [1.54, 1.807) is 18.2 Å². The molecule has 1 amide bonds. The van der Waals surface area contributed by atoms with Crippen molar-refractivity contribution in [1.29, 1.82) is 0 Å². The summed E-state index contributed by atoms with van der Waals surface area (Å²) >= 11 is 11.7. The van der Waals surface area contributed by atoms with Crippen molar-refractivity contribution in [1.82, 2.24) is 10.3 Å². The van der Waals surface area contributed by atoms with Crippen molar-refractivity contribution in [3.8, 4) is 11.5 Å². The third-order valence-corrected chi connectivity index (χ3v) is 3.36. The van der Waals surface area contributed by atoms with Gasteiger partial charge in [0.25, 0.3) is 5.91 Å². The number of benzene rings is 1. The number of nitrogens with one attached hydrogen (secondary N) is 1. The van der Waals surface area contributed by atoms with Crippen molar-refractivity contribution in [3.63, 3.8) is 0 Å². The topological polar surface area (TPSA) is 92.4 Å². The molecule has 0 radical (unpaired) electrons. The molecular weight excluding hydrogens is 319 g/mol. The van der Waals surface area contributed by atoms with Gasteiger partial charge in [0.2, 0.25) is 5.89 Å². The van der Waals surface area contributed by atoms with Gasteiger partial charge in [-0.3, -0.25) is 9.59 Å².